The lowest BCUT2D eigenvalue weighted by atomic mass is 10.2. The average molecular weight is 324 g/mol. The quantitative estimate of drug-likeness (QED) is 0.583. The Hall–Kier alpha value is -2.20. The fourth-order valence-electron chi connectivity index (χ4n) is 2.72. The Kier molecular flexibility index (Phi) is 4.72. The van der Waals surface area contributed by atoms with Crippen molar-refractivity contribution in [3.8, 4) is 0 Å². The first-order valence-electron chi connectivity index (χ1n) is 7.65. The van der Waals surface area contributed by atoms with Crippen LogP contribution < -0.4 is 16.0 Å². The zero-order valence-electron chi connectivity index (χ0n) is 12.7. The van der Waals surface area contributed by atoms with Crippen molar-refractivity contribution >= 4 is 23.3 Å². The summed E-state index contributed by atoms with van der Waals surface area (Å²) < 4.78 is 10.8. The summed E-state index contributed by atoms with van der Waals surface area (Å²) in [6.07, 6.45) is 2.13. The Labute approximate surface area is 133 Å². The summed E-state index contributed by atoms with van der Waals surface area (Å²) in [5.74, 6) is 0.382. The van der Waals surface area contributed by atoms with Crippen LogP contribution in [-0.2, 0) is 9.47 Å². The summed E-state index contributed by atoms with van der Waals surface area (Å²) in [6.45, 7) is 3.37. The van der Waals surface area contributed by atoms with Gasteiger partial charge in [0.2, 0.25) is 17.6 Å². The molecule has 0 amide bonds. The van der Waals surface area contributed by atoms with Crippen LogP contribution in [0.4, 0.5) is 23.3 Å². The molecule has 10 nitrogen and oxygen atoms in total. The highest BCUT2D eigenvalue weighted by Gasteiger charge is 2.28. The lowest BCUT2D eigenvalue weighted by Crippen LogP contribution is -2.37. The second-order valence-corrected chi connectivity index (χ2v) is 5.48. The molecule has 3 N–H and O–H groups in total. The van der Waals surface area contributed by atoms with Crippen molar-refractivity contribution < 1.29 is 14.4 Å². The third-order valence-electron chi connectivity index (χ3n) is 3.90. The van der Waals surface area contributed by atoms with Crippen LogP contribution in [0.1, 0.15) is 12.8 Å². The van der Waals surface area contributed by atoms with Gasteiger partial charge in [-0.3, -0.25) is 10.1 Å². The Morgan fingerprint density at radius 2 is 2.13 bits per heavy atom. The van der Waals surface area contributed by atoms with Crippen LogP contribution in [0, 0.1) is 10.1 Å². The van der Waals surface area contributed by atoms with Gasteiger partial charge in [0.25, 0.3) is 0 Å². The summed E-state index contributed by atoms with van der Waals surface area (Å²) in [6, 6.07) is 0. The summed E-state index contributed by atoms with van der Waals surface area (Å²) in [4.78, 5) is 20.9. The minimum Gasteiger partial charge on any atom is -0.378 e. The Morgan fingerprint density at radius 3 is 2.78 bits per heavy atom. The van der Waals surface area contributed by atoms with Gasteiger partial charge in [0, 0.05) is 26.2 Å². The number of hydrogen-bond acceptors (Lipinski definition) is 9. The van der Waals surface area contributed by atoms with E-state index in [1.807, 2.05) is 0 Å². The molecule has 3 rings (SSSR count). The maximum atomic E-state index is 11.3. The predicted octanol–water partition coefficient (Wildman–Crippen LogP) is 0.395. The molecular weight excluding hydrogens is 304 g/mol. The Balaban J connectivity index is 1.82. The van der Waals surface area contributed by atoms with E-state index >= 15 is 0 Å². The minimum absolute atomic E-state index is 0.113. The highest BCUT2D eigenvalue weighted by molar-refractivity contribution is 5.71. The van der Waals surface area contributed by atoms with E-state index in [-0.39, 0.29) is 29.4 Å². The van der Waals surface area contributed by atoms with Crippen molar-refractivity contribution in [1.29, 1.82) is 0 Å². The van der Waals surface area contributed by atoms with Crippen molar-refractivity contribution in [1.82, 2.24) is 9.97 Å². The van der Waals surface area contributed by atoms with E-state index in [1.54, 1.807) is 4.90 Å². The summed E-state index contributed by atoms with van der Waals surface area (Å²) in [5, 5.41) is 14.4. The molecule has 126 valence electrons. The molecular formula is C13H20N6O4. The van der Waals surface area contributed by atoms with E-state index in [2.05, 4.69) is 15.3 Å². The van der Waals surface area contributed by atoms with E-state index in [4.69, 9.17) is 15.2 Å². The third kappa shape index (κ3) is 3.59. The molecule has 2 aliphatic rings. The number of nitrogens with two attached hydrogens (primary N) is 1. The smallest absolute Gasteiger partial charge is 0.353 e. The number of nitrogens with zero attached hydrogens (tertiary/aromatic N) is 4. The van der Waals surface area contributed by atoms with E-state index in [0.717, 1.165) is 19.4 Å². The lowest BCUT2D eigenvalue weighted by Gasteiger charge is -2.27. The fourth-order valence-corrected chi connectivity index (χ4v) is 2.72. The van der Waals surface area contributed by atoms with Gasteiger partial charge in [-0.1, -0.05) is 0 Å². The first kappa shape index (κ1) is 15.7. The van der Waals surface area contributed by atoms with Crippen LogP contribution in [0.25, 0.3) is 0 Å². The fraction of sp³-hybridized carbons (Fsp3) is 0.692. The van der Waals surface area contributed by atoms with Gasteiger partial charge in [0.1, 0.15) is 0 Å². The Bertz CT molecular complexity index is 572. The van der Waals surface area contributed by atoms with Crippen LogP contribution in [0.3, 0.4) is 0 Å². The molecule has 0 aliphatic carbocycles. The average Bonchev–Trinajstić information content (AvgIpc) is 3.06. The first-order chi connectivity index (χ1) is 11.1. The van der Waals surface area contributed by atoms with Gasteiger partial charge in [-0.05, 0) is 12.8 Å². The molecule has 2 aliphatic heterocycles. The van der Waals surface area contributed by atoms with Gasteiger partial charge in [-0.15, -0.1) is 0 Å². The number of nitrogens with one attached hydrogen (secondary N) is 1. The van der Waals surface area contributed by atoms with Crippen LogP contribution in [0.15, 0.2) is 0 Å². The zero-order valence-corrected chi connectivity index (χ0v) is 12.7. The van der Waals surface area contributed by atoms with Crippen molar-refractivity contribution in [2.45, 2.75) is 18.9 Å². The lowest BCUT2D eigenvalue weighted by molar-refractivity contribution is -0.383. The van der Waals surface area contributed by atoms with Crippen molar-refractivity contribution in [2.75, 3.05) is 55.4 Å². The van der Waals surface area contributed by atoms with E-state index < -0.39 is 4.92 Å². The van der Waals surface area contributed by atoms with Crippen LogP contribution in [0.5, 0.6) is 0 Å². The molecule has 2 fully saturated rings. The molecule has 0 unspecified atom stereocenters. The molecule has 10 heteroatoms. The van der Waals surface area contributed by atoms with E-state index in [0.29, 0.717) is 32.8 Å². The number of anilines is 3. The molecule has 1 aromatic heterocycles. The SMILES string of the molecule is Nc1nc(NC[C@H]2CCCO2)nc(N2CCOCC2)c1[N+](=O)[O-]. The number of nitro groups is 1. The zero-order chi connectivity index (χ0) is 16.2. The number of morpholine rings is 1. The van der Waals surface area contributed by atoms with Gasteiger partial charge in [0.15, 0.2) is 0 Å². The van der Waals surface area contributed by atoms with E-state index in [9.17, 15) is 10.1 Å². The Morgan fingerprint density at radius 1 is 1.35 bits per heavy atom. The second kappa shape index (κ2) is 6.92. The maximum Gasteiger partial charge on any atom is 0.353 e. The topological polar surface area (TPSA) is 129 Å². The van der Waals surface area contributed by atoms with Gasteiger partial charge >= 0.3 is 5.69 Å². The number of nitrogen functional groups attached to an aromatic ring is 1. The maximum absolute atomic E-state index is 11.3. The number of rotatable bonds is 5. The normalized spacial score (nSPS) is 21.4. The summed E-state index contributed by atoms with van der Waals surface area (Å²) >= 11 is 0. The molecule has 0 spiro atoms. The first-order valence-corrected chi connectivity index (χ1v) is 7.65. The number of hydrogen-bond donors (Lipinski definition) is 2. The minimum atomic E-state index is -0.538. The summed E-state index contributed by atoms with van der Waals surface area (Å²) in [7, 11) is 0. The number of ether oxygens (including phenoxy) is 2. The molecule has 0 saturated carbocycles. The molecule has 3 heterocycles. The largest absolute Gasteiger partial charge is 0.378 e. The monoisotopic (exact) mass is 324 g/mol. The molecule has 0 bridgehead atoms. The summed E-state index contributed by atoms with van der Waals surface area (Å²) in [5.41, 5.74) is 5.54. The molecule has 0 radical (unpaired) electrons. The van der Waals surface area contributed by atoms with Gasteiger partial charge < -0.3 is 25.4 Å². The van der Waals surface area contributed by atoms with Crippen LogP contribution in [0.2, 0.25) is 0 Å². The molecule has 0 aromatic carbocycles. The highest BCUT2D eigenvalue weighted by atomic mass is 16.6. The molecule has 1 aromatic rings. The van der Waals surface area contributed by atoms with E-state index in [1.165, 1.54) is 0 Å². The predicted molar refractivity (Wildman–Crippen MR) is 83.6 cm³/mol. The second-order valence-electron chi connectivity index (χ2n) is 5.48. The van der Waals surface area contributed by atoms with Gasteiger partial charge in [-0.25, -0.2) is 0 Å². The van der Waals surface area contributed by atoms with Crippen molar-refractivity contribution in [2.24, 2.45) is 0 Å². The molecule has 2 saturated heterocycles. The third-order valence-corrected chi connectivity index (χ3v) is 3.90. The van der Waals surface area contributed by atoms with Crippen molar-refractivity contribution in [3.05, 3.63) is 10.1 Å². The van der Waals surface area contributed by atoms with Gasteiger partial charge in [0.05, 0.1) is 24.2 Å². The molecule has 1 atom stereocenters. The van der Waals surface area contributed by atoms with Crippen LogP contribution >= 0.6 is 0 Å². The number of aromatic nitrogens is 2. The van der Waals surface area contributed by atoms with Crippen LogP contribution in [-0.4, -0.2) is 60.5 Å². The van der Waals surface area contributed by atoms with Gasteiger partial charge in [-0.2, -0.15) is 9.97 Å². The standard InChI is InChI=1S/C13H20N6O4/c14-11-10(19(20)21)12(18-3-6-22-7-4-18)17-13(16-11)15-8-9-2-1-5-23-9/h9H,1-8H2,(H3,14,15,16,17)/t9-/m1/s1. The molecule has 23 heavy (non-hydrogen) atoms. The highest BCUT2D eigenvalue weighted by Crippen LogP contribution is 2.32. The van der Waals surface area contributed by atoms with Crippen molar-refractivity contribution in [3.63, 3.8) is 0 Å².